The summed E-state index contributed by atoms with van der Waals surface area (Å²) in [7, 11) is 2.03. The van der Waals surface area contributed by atoms with Gasteiger partial charge in [-0.15, -0.1) is 0 Å². The fourth-order valence-electron chi connectivity index (χ4n) is 3.89. The first kappa shape index (κ1) is 14.9. The van der Waals surface area contributed by atoms with E-state index in [1.165, 1.54) is 22.1 Å². The minimum absolute atomic E-state index is 0.587. The summed E-state index contributed by atoms with van der Waals surface area (Å²) in [6.07, 6.45) is 0. The van der Waals surface area contributed by atoms with E-state index >= 15 is 0 Å². The first-order valence-corrected chi connectivity index (χ1v) is 8.53. The van der Waals surface area contributed by atoms with E-state index in [0.717, 1.165) is 27.9 Å². The van der Waals surface area contributed by atoms with Crippen LogP contribution in [0.1, 0.15) is 16.7 Å². The van der Waals surface area contributed by atoms with Crippen LogP contribution in [-0.4, -0.2) is 4.98 Å². The minimum Gasteiger partial charge on any atom is -0.433 e. The molecular weight excluding hydrogens is 322 g/mol. The van der Waals surface area contributed by atoms with E-state index in [4.69, 9.17) is 9.72 Å². The lowest BCUT2D eigenvalue weighted by atomic mass is 9.91. The van der Waals surface area contributed by atoms with Crippen molar-refractivity contribution < 1.29 is 9.30 Å². The molecule has 0 atom stereocenters. The topological polar surface area (TPSA) is 49.8 Å². The fourth-order valence-corrected chi connectivity index (χ4v) is 3.89. The third-order valence-corrected chi connectivity index (χ3v) is 5.32. The predicted octanol–water partition coefficient (Wildman–Crippen LogP) is 4.47. The van der Waals surface area contributed by atoms with Gasteiger partial charge in [-0.25, -0.2) is 4.98 Å². The summed E-state index contributed by atoms with van der Waals surface area (Å²) in [6, 6.07) is 16.1. The monoisotopic (exact) mass is 338 g/mol. The van der Waals surface area contributed by atoms with Crippen molar-refractivity contribution in [2.75, 3.05) is 0 Å². The van der Waals surface area contributed by atoms with Gasteiger partial charge in [0.25, 0.3) is 11.6 Å². The molecule has 0 bridgehead atoms. The van der Waals surface area contributed by atoms with E-state index in [0.29, 0.717) is 11.4 Å². The second-order valence-electron chi connectivity index (χ2n) is 6.79. The van der Waals surface area contributed by atoms with Crippen molar-refractivity contribution >= 4 is 21.8 Å². The van der Waals surface area contributed by atoms with E-state index in [9.17, 15) is 5.26 Å². The van der Waals surface area contributed by atoms with Crippen LogP contribution in [0.2, 0.25) is 0 Å². The van der Waals surface area contributed by atoms with Crippen molar-refractivity contribution in [2.24, 2.45) is 7.05 Å². The Balaban J connectivity index is 1.98. The zero-order valence-corrected chi connectivity index (χ0v) is 14.8. The van der Waals surface area contributed by atoms with Crippen molar-refractivity contribution in [3.05, 3.63) is 59.2 Å². The number of nitrogens with zero attached hydrogens (tertiary/aromatic N) is 3. The van der Waals surface area contributed by atoms with Gasteiger partial charge in [0.15, 0.2) is 0 Å². The number of rotatable bonds is 0. The molecule has 0 saturated carbocycles. The summed E-state index contributed by atoms with van der Waals surface area (Å²) in [5, 5.41) is 11.5. The van der Waals surface area contributed by atoms with Gasteiger partial charge in [-0.3, -0.25) is 0 Å². The zero-order chi connectivity index (χ0) is 18.0. The molecule has 0 aliphatic carbocycles. The van der Waals surface area contributed by atoms with Crippen LogP contribution in [0.4, 0.5) is 0 Å². The highest BCUT2D eigenvalue weighted by molar-refractivity contribution is 6.04. The Bertz CT molecular complexity index is 1300. The van der Waals surface area contributed by atoms with Gasteiger partial charge in [0, 0.05) is 11.5 Å². The minimum atomic E-state index is 0.587. The van der Waals surface area contributed by atoms with Gasteiger partial charge in [0.05, 0.1) is 17.2 Å². The predicted molar refractivity (Wildman–Crippen MR) is 100 cm³/mol. The molecule has 0 fully saturated rings. The van der Waals surface area contributed by atoms with Crippen molar-refractivity contribution in [1.82, 2.24) is 4.98 Å². The summed E-state index contributed by atoms with van der Waals surface area (Å²) >= 11 is 0. The van der Waals surface area contributed by atoms with Crippen LogP contribution in [0.5, 0.6) is 11.6 Å². The lowest BCUT2D eigenvalue weighted by Gasteiger charge is -2.21. The number of hydrogen-bond donors (Lipinski definition) is 0. The standard InChI is InChI=1S/C22H16N3O/c1-12-9-15-5-4-6-18-20(15)19(13(12)2)21-22(26-18)24-16-10-14(11-23)7-8-17(16)25(21)3/h4-10H,1-3H3/q+1. The van der Waals surface area contributed by atoms with Crippen molar-refractivity contribution in [1.29, 1.82) is 5.26 Å². The van der Waals surface area contributed by atoms with Gasteiger partial charge in [-0.05, 0) is 48.6 Å². The maximum absolute atomic E-state index is 9.19. The number of fused-ring (bicyclic) bond motifs is 3. The van der Waals surface area contributed by atoms with Crippen LogP contribution in [0.25, 0.3) is 33.1 Å². The van der Waals surface area contributed by atoms with E-state index in [1.807, 2.05) is 31.3 Å². The van der Waals surface area contributed by atoms with Crippen LogP contribution < -0.4 is 9.30 Å². The second kappa shape index (κ2) is 5.03. The summed E-state index contributed by atoms with van der Waals surface area (Å²) in [6.45, 7) is 4.29. The molecule has 1 aliphatic heterocycles. The van der Waals surface area contributed by atoms with Gasteiger partial charge in [0.2, 0.25) is 5.52 Å². The number of ether oxygens (including phenoxy) is 1. The van der Waals surface area contributed by atoms with E-state index in [-0.39, 0.29) is 0 Å². The van der Waals surface area contributed by atoms with Gasteiger partial charge in [-0.2, -0.15) is 9.83 Å². The number of hydrogen-bond acceptors (Lipinski definition) is 3. The van der Waals surface area contributed by atoms with Crippen LogP contribution in [0.15, 0.2) is 42.5 Å². The third kappa shape index (κ3) is 1.83. The normalized spacial score (nSPS) is 11.9. The summed E-state index contributed by atoms with van der Waals surface area (Å²) < 4.78 is 8.31. The lowest BCUT2D eigenvalue weighted by molar-refractivity contribution is -0.634. The molecule has 4 nitrogen and oxygen atoms in total. The van der Waals surface area contributed by atoms with Crippen LogP contribution >= 0.6 is 0 Å². The fraction of sp³-hybridized carbons (Fsp3) is 0.136. The molecule has 3 aromatic carbocycles. The molecule has 0 N–H and O–H groups in total. The largest absolute Gasteiger partial charge is 0.433 e. The number of aromatic nitrogens is 2. The maximum Gasteiger partial charge on any atom is 0.294 e. The lowest BCUT2D eigenvalue weighted by Crippen LogP contribution is -2.34. The SMILES string of the molecule is Cc1cc2cccc3c2c(c1C)-c1c(nc2cc(C#N)ccc2[n+]1C)O3. The van der Waals surface area contributed by atoms with Gasteiger partial charge < -0.3 is 4.74 Å². The summed E-state index contributed by atoms with van der Waals surface area (Å²) in [4.78, 5) is 4.75. The van der Waals surface area contributed by atoms with Gasteiger partial charge in [-0.1, -0.05) is 18.2 Å². The Kier molecular flexibility index (Phi) is 2.87. The third-order valence-electron chi connectivity index (χ3n) is 5.32. The van der Waals surface area contributed by atoms with Crippen molar-refractivity contribution in [3.63, 3.8) is 0 Å². The molecule has 124 valence electrons. The number of nitriles is 1. The summed E-state index contributed by atoms with van der Waals surface area (Å²) in [5.74, 6) is 1.42. The Morgan fingerprint density at radius 1 is 1.12 bits per heavy atom. The van der Waals surface area contributed by atoms with Crippen molar-refractivity contribution in [3.8, 4) is 29.0 Å². The molecule has 2 heterocycles. The molecule has 26 heavy (non-hydrogen) atoms. The smallest absolute Gasteiger partial charge is 0.294 e. The van der Waals surface area contributed by atoms with Crippen LogP contribution in [0, 0.1) is 25.2 Å². The first-order valence-electron chi connectivity index (χ1n) is 8.53. The molecule has 1 aromatic heterocycles. The van der Waals surface area contributed by atoms with Crippen LogP contribution in [-0.2, 0) is 7.05 Å². The van der Waals surface area contributed by atoms with Crippen molar-refractivity contribution in [2.45, 2.75) is 13.8 Å². The van der Waals surface area contributed by atoms with Gasteiger partial charge in [0.1, 0.15) is 18.3 Å². The van der Waals surface area contributed by atoms with E-state index in [2.05, 4.69) is 36.6 Å². The quantitative estimate of drug-likeness (QED) is 0.391. The molecule has 0 radical (unpaired) electrons. The Morgan fingerprint density at radius 2 is 1.96 bits per heavy atom. The average Bonchev–Trinajstić information content (AvgIpc) is 2.64. The Hall–Kier alpha value is -3.45. The maximum atomic E-state index is 9.19. The molecule has 0 unspecified atom stereocenters. The Labute approximate surface area is 150 Å². The average molecular weight is 338 g/mol. The Morgan fingerprint density at radius 3 is 2.77 bits per heavy atom. The molecule has 4 aromatic rings. The van der Waals surface area contributed by atoms with Gasteiger partial charge >= 0.3 is 0 Å². The number of benzene rings is 3. The molecular formula is C22H16N3O+. The highest BCUT2D eigenvalue weighted by Gasteiger charge is 2.32. The molecule has 0 spiro atoms. The van der Waals surface area contributed by atoms with E-state index < -0.39 is 0 Å². The molecule has 0 amide bonds. The highest BCUT2D eigenvalue weighted by atomic mass is 16.5. The molecule has 0 saturated heterocycles. The molecule has 4 heteroatoms. The zero-order valence-electron chi connectivity index (χ0n) is 14.8. The summed E-state index contributed by atoms with van der Waals surface area (Å²) in [5.41, 5.74) is 6.96. The first-order chi connectivity index (χ1) is 12.6. The van der Waals surface area contributed by atoms with Crippen LogP contribution in [0.3, 0.4) is 0 Å². The molecule has 1 aliphatic rings. The molecule has 5 rings (SSSR count). The highest BCUT2D eigenvalue weighted by Crippen LogP contribution is 2.46. The second-order valence-corrected chi connectivity index (χ2v) is 6.79. The van der Waals surface area contributed by atoms with E-state index in [1.54, 1.807) is 6.07 Å². The number of aryl methyl sites for hydroxylation is 2.